The van der Waals surface area contributed by atoms with E-state index in [0.717, 1.165) is 40.7 Å². The van der Waals surface area contributed by atoms with Gasteiger partial charge in [0.1, 0.15) is 12.5 Å². The van der Waals surface area contributed by atoms with Gasteiger partial charge in [-0.1, -0.05) is 97.4 Å². The van der Waals surface area contributed by atoms with E-state index < -0.39 is 12.4 Å². The molecule has 0 fully saturated rings. The molecule has 0 unspecified atom stereocenters. The summed E-state index contributed by atoms with van der Waals surface area (Å²) in [5.74, 6) is -0.0888. The summed E-state index contributed by atoms with van der Waals surface area (Å²) < 4.78 is 20.2. The van der Waals surface area contributed by atoms with Crippen molar-refractivity contribution < 1.29 is 8.91 Å². The quantitative estimate of drug-likeness (QED) is 0.240. The van der Waals surface area contributed by atoms with E-state index in [1.165, 1.54) is 4.57 Å². The number of H-pyrrole nitrogens is 1. The average molecular weight is 565 g/mol. The third-order valence-electron chi connectivity index (χ3n) is 6.77. The minimum absolute atomic E-state index is 0. The molecule has 5 rings (SSSR count). The Balaban J connectivity index is 0.00000370. The summed E-state index contributed by atoms with van der Waals surface area (Å²) in [6.45, 7) is 1.55. The third kappa shape index (κ3) is 6.84. The minimum atomic E-state index is -0.799. The number of hydrogen-bond acceptors (Lipinski definition) is 5. The number of aryl methyl sites for hydroxylation is 1. The summed E-state index contributed by atoms with van der Waals surface area (Å²) in [4.78, 5) is 32.5. The Kier molecular flexibility index (Phi) is 10.6. The molecule has 0 bridgehead atoms. The zero-order valence-corrected chi connectivity index (χ0v) is 21.7. The van der Waals surface area contributed by atoms with Crippen LogP contribution in [0, 0.1) is 0 Å². The van der Waals surface area contributed by atoms with E-state index in [2.05, 4.69) is 26.6 Å². The molecule has 0 spiro atoms. The molecule has 0 radical (unpaired) electrons. The van der Waals surface area contributed by atoms with Crippen LogP contribution in [0.5, 0.6) is 0 Å². The molecule has 0 atom stereocenters. The first-order valence-corrected chi connectivity index (χ1v) is 13.0. The van der Waals surface area contributed by atoms with Gasteiger partial charge in [0.05, 0.1) is 12.2 Å². The fourth-order valence-electron chi connectivity index (χ4n) is 4.74. The number of benzene rings is 3. The fourth-order valence-corrected chi connectivity index (χ4v) is 4.74. The van der Waals surface area contributed by atoms with Crippen molar-refractivity contribution in [2.45, 2.75) is 45.8 Å². The Morgan fingerprint density at radius 2 is 1.60 bits per heavy atom. The van der Waals surface area contributed by atoms with Crippen LogP contribution in [0.3, 0.4) is 0 Å². The number of aromatic amines is 1. The van der Waals surface area contributed by atoms with E-state index in [1.54, 1.807) is 0 Å². The van der Waals surface area contributed by atoms with Crippen molar-refractivity contribution in [2.24, 2.45) is 0 Å². The van der Waals surface area contributed by atoms with E-state index in [1.807, 2.05) is 78.9 Å². The van der Waals surface area contributed by atoms with Crippen molar-refractivity contribution >= 4 is 51.4 Å². The van der Waals surface area contributed by atoms with Gasteiger partial charge in [0.15, 0.2) is 5.82 Å². The van der Waals surface area contributed by atoms with Crippen LogP contribution in [0.4, 0.5) is 4.39 Å². The Morgan fingerprint density at radius 3 is 2.25 bits per heavy atom. The van der Waals surface area contributed by atoms with E-state index in [-0.39, 0.29) is 69.3 Å². The van der Waals surface area contributed by atoms with Crippen molar-refractivity contribution in [3.8, 4) is 22.5 Å². The number of nitrogens with zero attached hydrogens (tertiary/aromatic N) is 3. The molecule has 2 aromatic heterocycles. The van der Waals surface area contributed by atoms with Gasteiger partial charge < -0.3 is 0 Å². The predicted molar refractivity (Wildman–Crippen MR) is 155 cm³/mol. The monoisotopic (exact) mass is 564 g/mol. The van der Waals surface area contributed by atoms with Crippen molar-refractivity contribution in [2.75, 3.05) is 0 Å². The number of halogens is 1. The van der Waals surface area contributed by atoms with E-state index in [9.17, 15) is 14.0 Å². The maximum atomic E-state index is 14.0. The molecule has 5 aromatic rings. The zero-order chi connectivity index (χ0) is 27.2. The van der Waals surface area contributed by atoms with Crippen molar-refractivity contribution in [1.82, 2.24) is 19.7 Å². The first kappa shape index (κ1) is 30.0. The van der Waals surface area contributed by atoms with Crippen LogP contribution in [0.25, 0.3) is 22.5 Å². The molecule has 0 aliphatic rings. The van der Waals surface area contributed by atoms with Crippen LogP contribution in [-0.4, -0.2) is 71.1 Å². The second kappa shape index (κ2) is 14.1. The molecule has 1 N–H and O–H groups in total. The van der Waals surface area contributed by atoms with E-state index in [4.69, 9.17) is 0 Å². The van der Waals surface area contributed by atoms with E-state index >= 15 is 0 Å². The van der Waals surface area contributed by atoms with Crippen LogP contribution in [0.2, 0.25) is 0 Å². The van der Waals surface area contributed by atoms with Gasteiger partial charge in [-0.2, -0.15) is 0 Å². The summed E-state index contributed by atoms with van der Waals surface area (Å²) in [5.41, 5.74) is 5.49. The van der Waals surface area contributed by atoms with Gasteiger partial charge in [-0.05, 0) is 35.1 Å². The number of hydrogen-bond donors (Lipinski definition) is 1. The zero-order valence-electron chi connectivity index (χ0n) is 21.7. The molecule has 0 aliphatic carbocycles. The Bertz CT molecular complexity index is 1680. The van der Waals surface area contributed by atoms with E-state index in [0.29, 0.717) is 29.9 Å². The van der Waals surface area contributed by atoms with Crippen LogP contribution in [-0.2, 0) is 26.1 Å². The van der Waals surface area contributed by atoms with Gasteiger partial charge >= 0.3 is 57.1 Å². The summed E-state index contributed by atoms with van der Waals surface area (Å²) in [7, 11) is 0. The van der Waals surface area contributed by atoms with Crippen LogP contribution >= 0.6 is 0 Å². The van der Waals surface area contributed by atoms with Crippen LogP contribution in [0.15, 0.2) is 93.0 Å². The van der Waals surface area contributed by atoms with Crippen LogP contribution in [0.1, 0.15) is 48.0 Å². The van der Waals surface area contributed by atoms with Gasteiger partial charge in [0.25, 0.3) is 5.56 Å². The third-order valence-corrected chi connectivity index (χ3v) is 6.77. The normalized spacial score (nSPS) is 10.8. The summed E-state index contributed by atoms with van der Waals surface area (Å²) in [5, 5.41) is 3.83. The van der Waals surface area contributed by atoms with Crippen LogP contribution < -0.4 is 11.3 Å². The molecular weight excluding hydrogens is 534 g/mol. The van der Waals surface area contributed by atoms with Crippen molar-refractivity contribution in [3.63, 3.8) is 0 Å². The predicted octanol–water partition coefficient (Wildman–Crippen LogP) is 5.06. The number of rotatable bonds is 10. The topological polar surface area (TPSA) is 93.8 Å². The molecule has 200 valence electrons. The summed E-state index contributed by atoms with van der Waals surface area (Å²) >= 11 is 0. The molecule has 9 heteroatoms. The Hall–Kier alpha value is -2.95. The molecular formula is C31H30FKN4O3. The molecule has 7 nitrogen and oxygen atoms in total. The molecule has 0 saturated carbocycles. The summed E-state index contributed by atoms with van der Waals surface area (Å²) in [6, 6.07) is 25.1. The van der Waals surface area contributed by atoms with Crippen molar-refractivity contribution in [3.05, 3.63) is 128 Å². The first-order valence-electron chi connectivity index (χ1n) is 13.0. The standard InChI is InChI=1S/C31H29FN4O3.K.H/c1-2-3-13-27-26(30(37)36(28(19-32)33-27)20-22-9-5-4-6-10-22)18-21-14-16-23(17-15-21)24-11-7-8-12-25(24)29-34-31(38)39-35-29;;/h4-12,14-17H,2-3,13,18-20H2,1H3,(H,34,35,38);;. The second-order valence-corrected chi connectivity index (χ2v) is 9.43. The molecule has 40 heavy (non-hydrogen) atoms. The molecule has 2 heterocycles. The van der Waals surface area contributed by atoms with Gasteiger partial charge in [-0.25, -0.2) is 14.2 Å². The number of unbranched alkanes of at least 4 members (excludes halogenated alkanes) is 1. The Labute approximate surface area is 273 Å². The first-order chi connectivity index (χ1) is 19.1. The summed E-state index contributed by atoms with van der Waals surface area (Å²) in [6.07, 6.45) is 2.84. The molecule has 0 saturated heterocycles. The Morgan fingerprint density at radius 1 is 0.900 bits per heavy atom. The van der Waals surface area contributed by atoms with Crippen molar-refractivity contribution in [1.29, 1.82) is 0 Å². The SMILES string of the molecule is CCCCc1nc(CF)n(Cc2ccccc2)c(=O)c1Cc1ccc(-c2ccccc2-c2noc(=O)[nH]2)cc1.[KH]. The molecule has 0 amide bonds. The van der Waals surface area contributed by atoms with Gasteiger partial charge in [-0.15, -0.1) is 0 Å². The fraction of sp³-hybridized carbons (Fsp3) is 0.226. The van der Waals surface area contributed by atoms with Gasteiger partial charge in [0, 0.05) is 17.5 Å². The van der Waals surface area contributed by atoms with Gasteiger partial charge in [-0.3, -0.25) is 18.9 Å². The maximum absolute atomic E-state index is 14.0. The average Bonchev–Trinajstić information content (AvgIpc) is 3.41. The molecule has 0 aliphatic heterocycles. The second-order valence-electron chi connectivity index (χ2n) is 9.43. The number of nitrogens with one attached hydrogen (secondary N) is 1. The molecule has 3 aromatic carbocycles. The van der Waals surface area contributed by atoms with Gasteiger partial charge in [0.2, 0.25) is 0 Å². The number of aromatic nitrogens is 4. The number of alkyl halides is 1.